The minimum absolute atomic E-state index is 0.0362. The van der Waals surface area contributed by atoms with E-state index in [0.29, 0.717) is 18.0 Å². The van der Waals surface area contributed by atoms with E-state index in [0.717, 1.165) is 5.56 Å². The molecule has 1 fully saturated rings. The van der Waals surface area contributed by atoms with Gasteiger partial charge in [0.2, 0.25) is 0 Å². The van der Waals surface area contributed by atoms with Gasteiger partial charge < -0.3 is 9.84 Å². The Bertz CT molecular complexity index is 565. The predicted molar refractivity (Wildman–Crippen MR) is 83.2 cm³/mol. The van der Waals surface area contributed by atoms with Crippen LogP contribution in [0.3, 0.4) is 0 Å². The van der Waals surface area contributed by atoms with Gasteiger partial charge in [-0.15, -0.1) is 0 Å². The molecule has 2 rings (SSSR count). The quantitative estimate of drug-likeness (QED) is 0.903. The van der Waals surface area contributed by atoms with Crippen LogP contribution in [0.5, 0.6) is 0 Å². The number of halogens is 1. The van der Waals surface area contributed by atoms with Crippen LogP contribution >= 0.6 is 11.6 Å². The second-order valence-electron chi connectivity index (χ2n) is 6.47. The van der Waals surface area contributed by atoms with E-state index in [9.17, 15) is 14.7 Å². The van der Waals surface area contributed by atoms with Gasteiger partial charge >= 0.3 is 12.1 Å². The van der Waals surface area contributed by atoms with E-state index in [2.05, 4.69) is 0 Å². The molecule has 2 unspecified atom stereocenters. The molecular weight excluding hydrogens is 306 g/mol. The number of carboxylic acids is 1. The smallest absolute Gasteiger partial charge is 0.411 e. The van der Waals surface area contributed by atoms with Crippen LogP contribution < -0.4 is 0 Å². The third kappa shape index (κ3) is 3.91. The summed E-state index contributed by atoms with van der Waals surface area (Å²) < 4.78 is 5.31. The van der Waals surface area contributed by atoms with Gasteiger partial charge in [0.15, 0.2) is 0 Å². The normalized spacial score (nSPS) is 21.7. The number of rotatable bonds is 2. The van der Waals surface area contributed by atoms with E-state index in [-0.39, 0.29) is 5.92 Å². The number of nitrogens with zero attached hydrogens (tertiary/aromatic N) is 1. The molecule has 0 saturated carbocycles. The number of hydrogen-bond donors (Lipinski definition) is 1. The van der Waals surface area contributed by atoms with Gasteiger partial charge in [0.05, 0.1) is 0 Å². The molecule has 1 saturated heterocycles. The fourth-order valence-electron chi connectivity index (χ4n) is 2.57. The zero-order valence-corrected chi connectivity index (χ0v) is 13.6. The van der Waals surface area contributed by atoms with Crippen LogP contribution in [0.25, 0.3) is 0 Å². The summed E-state index contributed by atoms with van der Waals surface area (Å²) in [6, 6.07) is 6.40. The summed E-state index contributed by atoms with van der Waals surface area (Å²) in [7, 11) is 0. The molecule has 6 heteroatoms. The van der Waals surface area contributed by atoms with Crippen LogP contribution in [-0.4, -0.2) is 40.3 Å². The molecule has 1 aliphatic rings. The van der Waals surface area contributed by atoms with Crippen LogP contribution in [0.15, 0.2) is 24.3 Å². The summed E-state index contributed by atoms with van der Waals surface area (Å²) in [4.78, 5) is 25.0. The monoisotopic (exact) mass is 325 g/mol. The van der Waals surface area contributed by atoms with Crippen molar-refractivity contribution >= 4 is 23.7 Å². The maximum absolute atomic E-state index is 12.2. The first-order valence-electron chi connectivity index (χ1n) is 7.15. The van der Waals surface area contributed by atoms with Gasteiger partial charge in [0.25, 0.3) is 0 Å². The number of carbonyl (C=O) groups is 2. The van der Waals surface area contributed by atoms with E-state index in [1.54, 1.807) is 32.9 Å². The van der Waals surface area contributed by atoms with Crippen molar-refractivity contribution < 1.29 is 19.4 Å². The standard InChI is InChI=1S/C16H20ClNO4/c1-16(2,3)22-15(21)18-9-11(8-13(18)14(19)20)10-4-6-12(17)7-5-10/h4-7,11,13H,8-9H2,1-3H3,(H,19,20). The summed E-state index contributed by atoms with van der Waals surface area (Å²) in [6.45, 7) is 5.60. The van der Waals surface area contributed by atoms with E-state index >= 15 is 0 Å². The lowest BCUT2D eigenvalue weighted by molar-refractivity contribution is -0.142. The Labute approximate surface area is 134 Å². The molecule has 5 nitrogen and oxygen atoms in total. The minimum Gasteiger partial charge on any atom is -0.480 e. The molecule has 0 bridgehead atoms. The molecule has 1 aromatic carbocycles. The summed E-state index contributed by atoms with van der Waals surface area (Å²) in [5.74, 6) is -1.05. The maximum Gasteiger partial charge on any atom is 0.411 e. The summed E-state index contributed by atoms with van der Waals surface area (Å²) in [6.07, 6.45) is -0.215. The van der Waals surface area contributed by atoms with Crippen LogP contribution in [0, 0.1) is 0 Å². The lowest BCUT2D eigenvalue weighted by Gasteiger charge is -2.26. The Morgan fingerprint density at radius 1 is 1.27 bits per heavy atom. The highest BCUT2D eigenvalue weighted by Crippen LogP contribution is 2.33. The zero-order chi connectivity index (χ0) is 16.5. The van der Waals surface area contributed by atoms with Crippen molar-refractivity contribution in [2.45, 2.75) is 44.8 Å². The molecular formula is C16H20ClNO4. The van der Waals surface area contributed by atoms with Gasteiger partial charge in [-0.3, -0.25) is 4.90 Å². The van der Waals surface area contributed by atoms with E-state index in [1.165, 1.54) is 4.90 Å². The fraction of sp³-hybridized carbons (Fsp3) is 0.500. The van der Waals surface area contributed by atoms with Crippen molar-refractivity contribution in [3.8, 4) is 0 Å². The van der Waals surface area contributed by atoms with Crippen molar-refractivity contribution in [3.63, 3.8) is 0 Å². The number of benzene rings is 1. The second kappa shape index (κ2) is 6.16. The molecule has 1 amide bonds. The molecule has 0 aromatic heterocycles. The highest BCUT2D eigenvalue weighted by molar-refractivity contribution is 6.30. The van der Waals surface area contributed by atoms with Crippen LogP contribution in [0.1, 0.15) is 38.7 Å². The first-order valence-corrected chi connectivity index (χ1v) is 7.53. The average Bonchev–Trinajstić information content (AvgIpc) is 2.83. The third-order valence-electron chi connectivity index (χ3n) is 3.56. The van der Waals surface area contributed by atoms with E-state index in [1.807, 2.05) is 12.1 Å². The summed E-state index contributed by atoms with van der Waals surface area (Å²) in [5.41, 5.74) is 0.320. The van der Waals surface area contributed by atoms with Gasteiger partial charge in [-0.1, -0.05) is 23.7 Å². The predicted octanol–water partition coefficient (Wildman–Crippen LogP) is 3.52. The third-order valence-corrected chi connectivity index (χ3v) is 3.81. The molecule has 0 radical (unpaired) electrons. The number of amides is 1. The highest BCUT2D eigenvalue weighted by Gasteiger charge is 2.41. The first-order chi connectivity index (χ1) is 10.2. The fourth-order valence-corrected chi connectivity index (χ4v) is 2.69. The van der Waals surface area contributed by atoms with Crippen LogP contribution in [-0.2, 0) is 9.53 Å². The summed E-state index contributed by atoms with van der Waals surface area (Å²) >= 11 is 5.87. The molecule has 120 valence electrons. The Balaban J connectivity index is 2.17. The van der Waals surface area contributed by atoms with Crippen molar-refractivity contribution in [1.82, 2.24) is 4.90 Å². The Kier molecular flexibility index (Phi) is 4.66. The largest absolute Gasteiger partial charge is 0.480 e. The number of hydrogen-bond acceptors (Lipinski definition) is 3. The number of aliphatic carboxylic acids is 1. The van der Waals surface area contributed by atoms with Crippen LogP contribution in [0.2, 0.25) is 5.02 Å². The molecule has 0 aliphatic carbocycles. The lowest BCUT2D eigenvalue weighted by atomic mass is 9.96. The van der Waals surface area contributed by atoms with Gasteiger partial charge in [0.1, 0.15) is 11.6 Å². The van der Waals surface area contributed by atoms with Crippen molar-refractivity contribution in [1.29, 1.82) is 0 Å². The minimum atomic E-state index is -1.01. The Morgan fingerprint density at radius 3 is 2.36 bits per heavy atom. The van der Waals surface area contributed by atoms with Crippen LogP contribution in [0.4, 0.5) is 4.79 Å². The molecule has 1 N–H and O–H groups in total. The van der Waals surface area contributed by atoms with Gasteiger partial charge in [0, 0.05) is 17.5 Å². The van der Waals surface area contributed by atoms with Gasteiger partial charge in [-0.2, -0.15) is 0 Å². The number of carbonyl (C=O) groups excluding carboxylic acids is 1. The Hall–Kier alpha value is -1.75. The first kappa shape index (κ1) is 16.6. The molecule has 1 aliphatic heterocycles. The van der Waals surface area contributed by atoms with Crippen molar-refractivity contribution in [2.75, 3.05) is 6.54 Å². The molecule has 22 heavy (non-hydrogen) atoms. The Morgan fingerprint density at radius 2 is 1.86 bits per heavy atom. The molecule has 0 spiro atoms. The second-order valence-corrected chi connectivity index (χ2v) is 6.91. The number of ether oxygens (including phenoxy) is 1. The lowest BCUT2D eigenvalue weighted by Crippen LogP contribution is -2.43. The van der Waals surface area contributed by atoms with Gasteiger partial charge in [-0.05, 0) is 44.9 Å². The summed E-state index contributed by atoms with van der Waals surface area (Å²) in [5, 5.41) is 9.99. The molecule has 1 heterocycles. The number of likely N-dealkylation sites (tertiary alicyclic amines) is 1. The molecule has 1 aromatic rings. The molecule has 2 atom stereocenters. The van der Waals surface area contributed by atoms with Crippen molar-refractivity contribution in [3.05, 3.63) is 34.9 Å². The SMILES string of the molecule is CC(C)(C)OC(=O)N1CC(c2ccc(Cl)cc2)CC1C(=O)O. The van der Waals surface area contributed by atoms with E-state index in [4.69, 9.17) is 16.3 Å². The average molecular weight is 326 g/mol. The number of carboxylic acid groups (broad SMARTS) is 1. The van der Waals surface area contributed by atoms with Crippen molar-refractivity contribution in [2.24, 2.45) is 0 Å². The topological polar surface area (TPSA) is 66.8 Å². The zero-order valence-electron chi connectivity index (χ0n) is 12.9. The van der Waals surface area contributed by atoms with E-state index < -0.39 is 23.7 Å². The highest BCUT2D eigenvalue weighted by atomic mass is 35.5. The maximum atomic E-state index is 12.2. The van der Waals surface area contributed by atoms with Gasteiger partial charge in [-0.25, -0.2) is 9.59 Å².